The lowest BCUT2D eigenvalue weighted by Gasteiger charge is -2.22. The van der Waals surface area contributed by atoms with Crippen molar-refractivity contribution in [2.75, 3.05) is 0 Å². The Hall–Kier alpha value is -1.96. The lowest BCUT2D eigenvalue weighted by atomic mass is 9.76. The Balaban J connectivity index is 2.54. The van der Waals surface area contributed by atoms with Crippen molar-refractivity contribution in [3.8, 4) is 0 Å². The van der Waals surface area contributed by atoms with Crippen molar-refractivity contribution in [2.45, 2.75) is 19.8 Å². The molecule has 0 amide bonds. The Morgan fingerprint density at radius 1 is 1.11 bits per heavy atom. The van der Waals surface area contributed by atoms with Crippen LogP contribution >= 0.6 is 0 Å². The fourth-order valence-corrected chi connectivity index (χ4v) is 2.52. The third-order valence-corrected chi connectivity index (χ3v) is 3.48. The highest BCUT2D eigenvalue weighted by atomic mass is 16.2. The first kappa shape index (κ1) is 12.5. The minimum Gasteiger partial charge on any atom is -0.293 e. The second-order valence-corrected chi connectivity index (χ2v) is 4.55. The Morgan fingerprint density at radius 2 is 1.67 bits per heavy atom. The molecule has 1 aliphatic rings. The van der Waals surface area contributed by atoms with E-state index >= 15 is 0 Å². The van der Waals surface area contributed by atoms with E-state index in [2.05, 4.69) is 6.58 Å². The second-order valence-electron chi connectivity index (χ2n) is 4.55. The third-order valence-electron chi connectivity index (χ3n) is 3.48. The molecule has 0 unspecified atom stereocenters. The number of benzene rings is 1. The molecule has 0 saturated carbocycles. The van der Waals surface area contributed by atoms with Crippen LogP contribution in [-0.4, -0.2) is 11.6 Å². The standard InChI is InChI=1S/C16H16O2/c1-3-5-11-16(10-4-2)14(17)12-8-6-7-9-13(12)15(16)18/h3-9H,2,10-11H2,1H3. The second kappa shape index (κ2) is 4.73. The first-order chi connectivity index (χ1) is 8.67. The predicted molar refractivity (Wildman–Crippen MR) is 71.8 cm³/mol. The van der Waals surface area contributed by atoms with Gasteiger partial charge in [-0.1, -0.05) is 42.5 Å². The molecule has 0 spiro atoms. The molecule has 2 rings (SSSR count). The van der Waals surface area contributed by atoms with Crippen LogP contribution in [0.1, 0.15) is 40.5 Å². The normalized spacial score (nSPS) is 17.2. The third kappa shape index (κ3) is 1.65. The molecule has 0 heterocycles. The van der Waals surface area contributed by atoms with E-state index in [-0.39, 0.29) is 11.6 Å². The van der Waals surface area contributed by atoms with Crippen LogP contribution in [0.3, 0.4) is 0 Å². The Bertz CT molecular complexity index is 503. The molecular formula is C16H16O2. The number of hydrogen-bond acceptors (Lipinski definition) is 2. The molecule has 1 aromatic rings. The number of allylic oxidation sites excluding steroid dienone is 3. The lowest BCUT2D eigenvalue weighted by molar-refractivity contribution is 0.0703. The molecule has 2 nitrogen and oxygen atoms in total. The largest absolute Gasteiger partial charge is 0.293 e. The van der Waals surface area contributed by atoms with Gasteiger partial charge in [-0.05, 0) is 19.8 Å². The number of rotatable bonds is 4. The summed E-state index contributed by atoms with van der Waals surface area (Å²) in [6.45, 7) is 5.57. The highest BCUT2D eigenvalue weighted by Gasteiger charge is 2.50. The zero-order chi connectivity index (χ0) is 13.2. The van der Waals surface area contributed by atoms with Gasteiger partial charge in [0.2, 0.25) is 0 Å². The summed E-state index contributed by atoms with van der Waals surface area (Å²) in [7, 11) is 0. The van der Waals surface area contributed by atoms with Crippen LogP contribution < -0.4 is 0 Å². The van der Waals surface area contributed by atoms with E-state index in [4.69, 9.17) is 0 Å². The number of hydrogen-bond donors (Lipinski definition) is 0. The van der Waals surface area contributed by atoms with Gasteiger partial charge in [0.25, 0.3) is 0 Å². The first-order valence-electron chi connectivity index (χ1n) is 6.08. The molecule has 0 bridgehead atoms. The monoisotopic (exact) mass is 240 g/mol. The van der Waals surface area contributed by atoms with Crippen LogP contribution in [0.5, 0.6) is 0 Å². The molecule has 0 fully saturated rings. The molecule has 0 aliphatic heterocycles. The molecule has 1 aromatic carbocycles. The summed E-state index contributed by atoms with van der Waals surface area (Å²) in [6.07, 6.45) is 6.25. The van der Waals surface area contributed by atoms with Crippen molar-refractivity contribution in [3.63, 3.8) is 0 Å². The zero-order valence-corrected chi connectivity index (χ0v) is 10.5. The van der Waals surface area contributed by atoms with E-state index in [1.165, 1.54) is 0 Å². The number of fused-ring (bicyclic) bond motifs is 1. The van der Waals surface area contributed by atoms with Crippen molar-refractivity contribution < 1.29 is 9.59 Å². The molecular weight excluding hydrogens is 224 g/mol. The summed E-state index contributed by atoms with van der Waals surface area (Å²) >= 11 is 0. The molecule has 0 atom stereocenters. The maximum absolute atomic E-state index is 12.5. The quantitative estimate of drug-likeness (QED) is 0.595. The summed E-state index contributed by atoms with van der Waals surface area (Å²) in [5.74, 6) is -0.137. The minimum atomic E-state index is -0.960. The van der Waals surface area contributed by atoms with Gasteiger partial charge in [-0.3, -0.25) is 9.59 Å². The lowest BCUT2D eigenvalue weighted by Crippen LogP contribution is -2.32. The van der Waals surface area contributed by atoms with E-state index in [1.807, 2.05) is 19.1 Å². The van der Waals surface area contributed by atoms with E-state index < -0.39 is 5.41 Å². The SMILES string of the molecule is C=CCC1(CC=CC)C(=O)c2ccccc2C1=O. The molecule has 0 saturated heterocycles. The van der Waals surface area contributed by atoms with Gasteiger partial charge in [0, 0.05) is 11.1 Å². The van der Waals surface area contributed by atoms with Gasteiger partial charge in [0.1, 0.15) is 5.41 Å². The van der Waals surface area contributed by atoms with Gasteiger partial charge in [-0.15, -0.1) is 6.58 Å². The maximum Gasteiger partial charge on any atom is 0.178 e. The highest BCUT2D eigenvalue weighted by Crippen LogP contribution is 2.42. The average Bonchev–Trinajstić information content (AvgIpc) is 2.60. The zero-order valence-electron chi connectivity index (χ0n) is 10.5. The van der Waals surface area contributed by atoms with Crippen molar-refractivity contribution >= 4 is 11.6 Å². The van der Waals surface area contributed by atoms with Gasteiger partial charge in [-0.25, -0.2) is 0 Å². The number of ketones is 2. The van der Waals surface area contributed by atoms with Crippen molar-refractivity contribution in [3.05, 3.63) is 60.2 Å². The fourth-order valence-electron chi connectivity index (χ4n) is 2.52. The van der Waals surface area contributed by atoms with Gasteiger partial charge in [0.15, 0.2) is 11.6 Å². The summed E-state index contributed by atoms with van der Waals surface area (Å²) < 4.78 is 0. The summed E-state index contributed by atoms with van der Waals surface area (Å²) in [5.41, 5.74) is 0.139. The van der Waals surface area contributed by atoms with Crippen molar-refractivity contribution in [1.29, 1.82) is 0 Å². The number of Topliss-reactive ketones (excluding diaryl/α,β-unsaturated/α-hetero) is 2. The van der Waals surface area contributed by atoms with Crippen molar-refractivity contribution in [1.82, 2.24) is 0 Å². The fraction of sp³-hybridized carbons (Fsp3) is 0.250. The smallest absolute Gasteiger partial charge is 0.178 e. The van der Waals surface area contributed by atoms with Gasteiger partial charge in [0.05, 0.1) is 0 Å². The summed E-state index contributed by atoms with van der Waals surface area (Å²) in [6, 6.07) is 7.06. The van der Waals surface area contributed by atoms with Crippen LogP contribution in [0.4, 0.5) is 0 Å². The Labute approximate surface area is 107 Å². The average molecular weight is 240 g/mol. The number of carbonyl (C=O) groups excluding carboxylic acids is 2. The van der Waals surface area contributed by atoms with Crippen LogP contribution in [0.2, 0.25) is 0 Å². The van der Waals surface area contributed by atoms with Gasteiger partial charge < -0.3 is 0 Å². The van der Waals surface area contributed by atoms with E-state index in [9.17, 15) is 9.59 Å². The number of carbonyl (C=O) groups is 2. The summed E-state index contributed by atoms with van der Waals surface area (Å²) in [5, 5.41) is 0. The molecule has 0 aromatic heterocycles. The maximum atomic E-state index is 12.5. The predicted octanol–water partition coefficient (Wildman–Crippen LogP) is 3.59. The molecule has 18 heavy (non-hydrogen) atoms. The summed E-state index contributed by atoms with van der Waals surface area (Å²) in [4.78, 5) is 25.0. The van der Waals surface area contributed by atoms with E-state index in [0.717, 1.165) is 0 Å². The Kier molecular flexibility index (Phi) is 3.28. The van der Waals surface area contributed by atoms with Gasteiger partial charge in [-0.2, -0.15) is 0 Å². The van der Waals surface area contributed by atoms with E-state index in [1.54, 1.807) is 30.3 Å². The molecule has 1 aliphatic carbocycles. The minimum absolute atomic E-state index is 0.0684. The molecule has 92 valence electrons. The topological polar surface area (TPSA) is 34.1 Å². The highest BCUT2D eigenvalue weighted by molar-refractivity contribution is 6.29. The van der Waals surface area contributed by atoms with E-state index in [0.29, 0.717) is 24.0 Å². The van der Waals surface area contributed by atoms with Crippen LogP contribution in [0.15, 0.2) is 49.1 Å². The van der Waals surface area contributed by atoms with Crippen molar-refractivity contribution in [2.24, 2.45) is 5.41 Å². The van der Waals surface area contributed by atoms with Gasteiger partial charge >= 0.3 is 0 Å². The molecule has 0 N–H and O–H groups in total. The Morgan fingerprint density at radius 3 is 2.11 bits per heavy atom. The molecule has 0 radical (unpaired) electrons. The first-order valence-corrected chi connectivity index (χ1v) is 6.08. The van der Waals surface area contributed by atoms with Crippen LogP contribution in [0.25, 0.3) is 0 Å². The van der Waals surface area contributed by atoms with Crippen LogP contribution in [-0.2, 0) is 0 Å². The molecule has 2 heteroatoms. The van der Waals surface area contributed by atoms with Crippen LogP contribution in [0, 0.1) is 5.41 Å².